The molecule has 16 heavy (non-hydrogen) atoms. The van der Waals surface area contributed by atoms with E-state index in [-0.39, 0.29) is 0 Å². The number of nitrogens with zero attached hydrogens (tertiary/aromatic N) is 1. The topological polar surface area (TPSA) is 20.3 Å². The Bertz CT molecular complexity index is 397. The number of aldehydes is 1. The van der Waals surface area contributed by atoms with Crippen LogP contribution in [0.2, 0.25) is 5.02 Å². The molecule has 1 aliphatic rings. The number of halogens is 1. The highest BCUT2D eigenvalue weighted by atomic mass is 35.5. The normalized spacial score (nSPS) is 20.9. The molecule has 1 aromatic carbocycles. The SMILES string of the molecule is CC1CSCCN1c1cccc(Cl)c1C=O. The molecular formula is C12H14ClNOS. The zero-order valence-electron chi connectivity index (χ0n) is 9.15. The third-order valence-electron chi connectivity index (χ3n) is 2.82. The predicted molar refractivity (Wildman–Crippen MR) is 71.0 cm³/mol. The van der Waals surface area contributed by atoms with Crippen molar-refractivity contribution in [2.45, 2.75) is 13.0 Å². The van der Waals surface area contributed by atoms with Crippen LogP contribution in [0.3, 0.4) is 0 Å². The minimum absolute atomic E-state index is 0.455. The predicted octanol–water partition coefficient (Wildman–Crippen LogP) is 3.09. The van der Waals surface area contributed by atoms with Crippen LogP contribution in [0.15, 0.2) is 18.2 Å². The fraction of sp³-hybridized carbons (Fsp3) is 0.417. The molecule has 1 aliphatic heterocycles. The van der Waals surface area contributed by atoms with Crippen molar-refractivity contribution in [2.24, 2.45) is 0 Å². The van der Waals surface area contributed by atoms with Crippen molar-refractivity contribution in [1.82, 2.24) is 0 Å². The number of hydrogen-bond donors (Lipinski definition) is 0. The summed E-state index contributed by atoms with van der Waals surface area (Å²) in [5.41, 5.74) is 1.58. The van der Waals surface area contributed by atoms with Gasteiger partial charge >= 0.3 is 0 Å². The minimum atomic E-state index is 0.455. The third kappa shape index (κ3) is 2.20. The van der Waals surface area contributed by atoms with E-state index in [1.165, 1.54) is 0 Å². The summed E-state index contributed by atoms with van der Waals surface area (Å²) in [5, 5.41) is 0.540. The molecule has 0 aliphatic carbocycles. The van der Waals surface area contributed by atoms with Crippen molar-refractivity contribution in [2.75, 3.05) is 23.0 Å². The van der Waals surface area contributed by atoms with Crippen molar-refractivity contribution in [1.29, 1.82) is 0 Å². The second kappa shape index (κ2) is 5.11. The van der Waals surface area contributed by atoms with Crippen LogP contribution < -0.4 is 4.90 Å². The van der Waals surface area contributed by atoms with Gasteiger partial charge in [-0.15, -0.1) is 0 Å². The summed E-state index contributed by atoms with van der Waals surface area (Å²) in [6.07, 6.45) is 0.853. The third-order valence-corrected chi connectivity index (χ3v) is 4.34. The van der Waals surface area contributed by atoms with E-state index >= 15 is 0 Å². The van der Waals surface area contributed by atoms with Gasteiger partial charge in [-0.2, -0.15) is 11.8 Å². The van der Waals surface area contributed by atoms with E-state index in [1.807, 2.05) is 23.9 Å². The number of anilines is 1. The highest BCUT2D eigenvalue weighted by Crippen LogP contribution is 2.30. The molecule has 4 heteroatoms. The van der Waals surface area contributed by atoms with E-state index in [2.05, 4.69) is 11.8 Å². The molecular weight excluding hydrogens is 242 g/mol. The zero-order valence-corrected chi connectivity index (χ0v) is 10.7. The van der Waals surface area contributed by atoms with Gasteiger partial charge in [-0.1, -0.05) is 17.7 Å². The van der Waals surface area contributed by atoms with Crippen molar-refractivity contribution >= 4 is 35.3 Å². The lowest BCUT2D eigenvalue weighted by Gasteiger charge is -2.35. The summed E-state index contributed by atoms with van der Waals surface area (Å²) in [4.78, 5) is 13.4. The molecule has 0 bridgehead atoms. The number of hydrogen-bond acceptors (Lipinski definition) is 3. The molecule has 0 N–H and O–H groups in total. The Morgan fingerprint density at radius 1 is 1.56 bits per heavy atom. The fourth-order valence-corrected chi connectivity index (χ4v) is 3.21. The second-order valence-corrected chi connectivity index (χ2v) is 5.46. The largest absolute Gasteiger partial charge is 0.367 e. The van der Waals surface area contributed by atoms with Crippen molar-refractivity contribution in [3.63, 3.8) is 0 Å². The fourth-order valence-electron chi connectivity index (χ4n) is 1.98. The maximum absolute atomic E-state index is 11.1. The van der Waals surface area contributed by atoms with Gasteiger partial charge in [0.2, 0.25) is 0 Å². The Balaban J connectivity index is 2.38. The molecule has 0 spiro atoms. The number of carbonyl (C=O) groups excluding carboxylic acids is 1. The molecule has 0 amide bonds. The lowest BCUT2D eigenvalue weighted by molar-refractivity contribution is 0.112. The summed E-state index contributed by atoms with van der Waals surface area (Å²) >= 11 is 7.99. The second-order valence-electron chi connectivity index (χ2n) is 3.91. The van der Waals surface area contributed by atoms with Crippen molar-refractivity contribution in [3.05, 3.63) is 28.8 Å². The van der Waals surface area contributed by atoms with Gasteiger partial charge in [0.1, 0.15) is 0 Å². The molecule has 2 nitrogen and oxygen atoms in total. The van der Waals surface area contributed by atoms with E-state index in [0.717, 1.165) is 30.0 Å². The van der Waals surface area contributed by atoms with Crippen LogP contribution in [0.1, 0.15) is 17.3 Å². The number of benzene rings is 1. The molecule has 1 atom stereocenters. The summed E-state index contributed by atoms with van der Waals surface area (Å²) in [6, 6.07) is 6.09. The maximum Gasteiger partial charge on any atom is 0.153 e. The molecule has 1 saturated heterocycles. The van der Waals surface area contributed by atoms with Gasteiger partial charge in [0.15, 0.2) is 6.29 Å². The van der Waals surface area contributed by atoms with Crippen LogP contribution in [0.4, 0.5) is 5.69 Å². The summed E-state index contributed by atoms with van der Waals surface area (Å²) < 4.78 is 0. The van der Waals surface area contributed by atoms with E-state index in [1.54, 1.807) is 6.07 Å². The van der Waals surface area contributed by atoms with Gasteiger partial charge in [0.05, 0.1) is 10.6 Å². The lowest BCUT2D eigenvalue weighted by Crippen LogP contribution is -2.40. The van der Waals surface area contributed by atoms with Crippen molar-refractivity contribution in [3.8, 4) is 0 Å². The first kappa shape index (κ1) is 11.8. The molecule has 1 aromatic rings. The molecule has 1 fully saturated rings. The van der Waals surface area contributed by atoms with Crippen LogP contribution in [0.25, 0.3) is 0 Å². The van der Waals surface area contributed by atoms with Crippen molar-refractivity contribution < 1.29 is 4.79 Å². The molecule has 2 rings (SSSR count). The maximum atomic E-state index is 11.1. The zero-order chi connectivity index (χ0) is 11.5. The van der Waals surface area contributed by atoms with Crippen LogP contribution >= 0.6 is 23.4 Å². The smallest absolute Gasteiger partial charge is 0.153 e. The summed E-state index contributed by atoms with van der Waals surface area (Å²) in [7, 11) is 0. The number of rotatable bonds is 2. The van der Waals surface area contributed by atoms with Gasteiger partial charge in [-0.3, -0.25) is 4.79 Å². The lowest BCUT2D eigenvalue weighted by atomic mass is 10.1. The number of thioether (sulfide) groups is 1. The Kier molecular flexibility index (Phi) is 3.77. The standard InChI is InChI=1S/C12H14ClNOS/c1-9-8-16-6-5-14(9)12-4-2-3-11(13)10(12)7-15/h2-4,7,9H,5-6,8H2,1H3. The quantitative estimate of drug-likeness (QED) is 0.758. The van der Waals surface area contributed by atoms with Crippen LogP contribution in [0.5, 0.6) is 0 Å². The first-order valence-electron chi connectivity index (χ1n) is 5.32. The first-order valence-corrected chi connectivity index (χ1v) is 6.85. The molecule has 0 aromatic heterocycles. The Morgan fingerprint density at radius 2 is 2.38 bits per heavy atom. The molecule has 0 saturated carbocycles. The first-order chi connectivity index (χ1) is 7.74. The average Bonchev–Trinajstić information content (AvgIpc) is 2.29. The van der Waals surface area contributed by atoms with E-state index in [0.29, 0.717) is 16.6 Å². The van der Waals surface area contributed by atoms with E-state index < -0.39 is 0 Å². The molecule has 86 valence electrons. The Morgan fingerprint density at radius 3 is 3.06 bits per heavy atom. The van der Waals surface area contributed by atoms with Gasteiger partial charge in [-0.25, -0.2) is 0 Å². The van der Waals surface area contributed by atoms with Gasteiger partial charge in [0.25, 0.3) is 0 Å². The van der Waals surface area contributed by atoms with Crippen LogP contribution in [-0.4, -0.2) is 30.4 Å². The molecule has 1 unspecified atom stereocenters. The summed E-state index contributed by atoms with van der Waals surface area (Å²) in [6.45, 7) is 3.16. The Hall–Kier alpha value is -0.670. The number of carbonyl (C=O) groups is 1. The highest BCUT2D eigenvalue weighted by molar-refractivity contribution is 7.99. The summed E-state index contributed by atoms with van der Waals surface area (Å²) in [5.74, 6) is 2.21. The van der Waals surface area contributed by atoms with E-state index in [9.17, 15) is 4.79 Å². The van der Waals surface area contributed by atoms with Gasteiger partial charge < -0.3 is 4.90 Å². The highest BCUT2D eigenvalue weighted by Gasteiger charge is 2.21. The average molecular weight is 256 g/mol. The van der Waals surface area contributed by atoms with Gasteiger partial charge in [-0.05, 0) is 19.1 Å². The van der Waals surface area contributed by atoms with Crippen LogP contribution in [0, 0.1) is 0 Å². The van der Waals surface area contributed by atoms with E-state index in [4.69, 9.17) is 11.6 Å². The Labute approximate surface area is 105 Å². The molecule has 0 radical (unpaired) electrons. The van der Waals surface area contributed by atoms with Crippen LogP contribution in [-0.2, 0) is 0 Å². The minimum Gasteiger partial charge on any atom is -0.367 e. The monoisotopic (exact) mass is 255 g/mol. The van der Waals surface area contributed by atoms with Gasteiger partial charge in [0, 0.05) is 29.8 Å². The molecule has 1 heterocycles.